The second-order valence-electron chi connectivity index (χ2n) is 6.58. The molecule has 1 saturated carbocycles. The average molecular weight is 369 g/mol. The van der Waals surface area contributed by atoms with Crippen molar-refractivity contribution in [2.75, 3.05) is 4.72 Å². The van der Waals surface area contributed by atoms with Gasteiger partial charge in [0.25, 0.3) is 10.0 Å². The third-order valence-electron chi connectivity index (χ3n) is 4.62. The highest BCUT2D eigenvalue weighted by Gasteiger charge is 2.25. The highest BCUT2D eigenvalue weighted by atomic mass is 32.2. The molecule has 7 heteroatoms. The molecule has 0 amide bonds. The van der Waals surface area contributed by atoms with E-state index in [0.29, 0.717) is 23.3 Å². The van der Waals surface area contributed by atoms with Crippen molar-refractivity contribution in [3.05, 3.63) is 60.0 Å². The Morgan fingerprint density at radius 3 is 2.35 bits per heavy atom. The van der Waals surface area contributed by atoms with E-state index in [1.54, 1.807) is 48.5 Å². The van der Waals surface area contributed by atoms with Gasteiger partial charge in [0, 0.05) is 17.2 Å². The second-order valence-corrected chi connectivity index (χ2v) is 8.26. The van der Waals surface area contributed by atoms with Crippen molar-refractivity contribution < 1.29 is 12.9 Å². The number of anilines is 1. The summed E-state index contributed by atoms with van der Waals surface area (Å²) in [5.41, 5.74) is 2.28. The number of hydrogen-bond acceptors (Lipinski definition) is 5. The topological polar surface area (TPSA) is 85.1 Å². The zero-order valence-corrected chi connectivity index (χ0v) is 15.2. The minimum Gasteiger partial charge on any atom is -0.339 e. The maximum Gasteiger partial charge on any atom is 0.261 e. The summed E-state index contributed by atoms with van der Waals surface area (Å²) in [7, 11) is -3.61. The van der Waals surface area contributed by atoms with Crippen molar-refractivity contribution in [2.45, 2.75) is 37.0 Å². The molecule has 6 nitrogen and oxygen atoms in total. The average Bonchev–Trinajstić information content (AvgIpc) is 3.03. The minimum atomic E-state index is -3.61. The van der Waals surface area contributed by atoms with Crippen LogP contribution in [0.3, 0.4) is 0 Å². The van der Waals surface area contributed by atoms with Crippen LogP contribution in [0.15, 0.2) is 57.9 Å². The lowest BCUT2D eigenvalue weighted by molar-refractivity contribution is 0.292. The van der Waals surface area contributed by atoms with E-state index >= 15 is 0 Å². The largest absolute Gasteiger partial charge is 0.339 e. The van der Waals surface area contributed by atoms with Crippen LogP contribution in [0.4, 0.5) is 5.69 Å². The number of hydrogen-bond donors (Lipinski definition) is 1. The molecule has 0 aliphatic heterocycles. The maximum atomic E-state index is 12.4. The lowest BCUT2D eigenvalue weighted by atomic mass is 9.85. The van der Waals surface area contributed by atoms with Gasteiger partial charge in [-0.2, -0.15) is 4.98 Å². The molecule has 0 atom stereocenters. The summed E-state index contributed by atoms with van der Waals surface area (Å²) in [6.07, 6.45) is 3.40. The van der Waals surface area contributed by atoms with Crippen LogP contribution >= 0.6 is 0 Å². The van der Waals surface area contributed by atoms with Crippen LogP contribution in [0, 0.1) is 6.92 Å². The molecule has 0 bridgehead atoms. The van der Waals surface area contributed by atoms with Gasteiger partial charge in [0.1, 0.15) is 0 Å². The Labute approximate surface area is 152 Å². The maximum absolute atomic E-state index is 12.4. The Balaban J connectivity index is 1.50. The summed E-state index contributed by atoms with van der Waals surface area (Å²) in [4.78, 5) is 4.68. The molecule has 1 fully saturated rings. The van der Waals surface area contributed by atoms with E-state index in [4.69, 9.17) is 4.52 Å². The van der Waals surface area contributed by atoms with E-state index in [1.807, 2.05) is 6.92 Å². The molecule has 0 saturated heterocycles. The van der Waals surface area contributed by atoms with Gasteiger partial charge in [-0.25, -0.2) is 8.42 Å². The molecule has 1 aliphatic carbocycles. The molecule has 1 heterocycles. The fraction of sp³-hybridized carbons (Fsp3) is 0.263. The van der Waals surface area contributed by atoms with Gasteiger partial charge < -0.3 is 4.52 Å². The smallest absolute Gasteiger partial charge is 0.261 e. The van der Waals surface area contributed by atoms with E-state index in [1.165, 1.54) is 6.42 Å². The lowest BCUT2D eigenvalue weighted by Crippen LogP contribution is -2.12. The van der Waals surface area contributed by atoms with Gasteiger partial charge in [-0.3, -0.25) is 4.72 Å². The number of rotatable bonds is 5. The second kappa shape index (κ2) is 6.57. The highest BCUT2D eigenvalue weighted by molar-refractivity contribution is 7.92. The van der Waals surface area contributed by atoms with E-state index < -0.39 is 10.0 Å². The van der Waals surface area contributed by atoms with E-state index in [9.17, 15) is 8.42 Å². The van der Waals surface area contributed by atoms with Crippen LogP contribution in [0.25, 0.3) is 11.4 Å². The van der Waals surface area contributed by atoms with Gasteiger partial charge >= 0.3 is 0 Å². The van der Waals surface area contributed by atoms with Crippen molar-refractivity contribution in [3.8, 4) is 11.4 Å². The van der Waals surface area contributed by atoms with Gasteiger partial charge in [-0.15, -0.1) is 0 Å². The Bertz CT molecular complexity index is 1000. The molecule has 1 N–H and O–H groups in total. The number of sulfonamides is 1. The first-order chi connectivity index (χ1) is 12.5. The van der Waals surface area contributed by atoms with Crippen molar-refractivity contribution >= 4 is 15.7 Å². The molecular weight excluding hydrogens is 350 g/mol. The fourth-order valence-electron chi connectivity index (χ4n) is 2.79. The Kier molecular flexibility index (Phi) is 4.24. The minimum absolute atomic E-state index is 0.232. The number of aryl methyl sites for hydroxylation is 1. The third kappa shape index (κ3) is 3.35. The molecule has 134 valence electrons. The summed E-state index contributed by atoms with van der Waals surface area (Å²) in [6.45, 7) is 1.91. The van der Waals surface area contributed by atoms with Gasteiger partial charge in [0.15, 0.2) is 0 Å². The van der Waals surface area contributed by atoms with Crippen molar-refractivity contribution in [1.29, 1.82) is 0 Å². The summed E-state index contributed by atoms with van der Waals surface area (Å²) in [6, 6.07) is 13.7. The van der Waals surface area contributed by atoms with Gasteiger partial charge in [-0.1, -0.05) is 29.3 Å². The molecule has 26 heavy (non-hydrogen) atoms. The van der Waals surface area contributed by atoms with E-state index in [2.05, 4.69) is 14.9 Å². The number of nitrogens with zero attached hydrogens (tertiary/aromatic N) is 2. The zero-order valence-electron chi connectivity index (χ0n) is 14.3. The monoisotopic (exact) mass is 369 g/mol. The lowest BCUT2D eigenvalue weighted by Gasteiger charge is -2.20. The van der Waals surface area contributed by atoms with Crippen molar-refractivity contribution in [3.63, 3.8) is 0 Å². The highest BCUT2D eigenvalue weighted by Crippen LogP contribution is 2.36. The predicted octanol–water partition coefficient (Wildman–Crippen LogP) is 4.11. The zero-order chi connectivity index (χ0) is 18.1. The fourth-order valence-corrected chi connectivity index (χ4v) is 3.85. The third-order valence-corrected chi connectivity index (χ3v) is 6.02. The van der Waals surface area contributed by atoms with Crippen molar-refractivity contribution in [2.24, 2.45) is 0 Å². The van der Waals surface area contributed by atoms with Gasteiger partial charge in [-0.05, 0) is 56.2 Å². The van der Waals surface area contributed by atoms with E-state index in [-0.39, 0.29) is 4.90 Å². The number of benzene rings is 2. The first-order valence-corrected chi connectivity index (χ1v) is 10.0. The quantitative estimate of drug-likeness (QED) is 0.731. The first-order valence-electron chi connectivity index (χ1n) is 8.55. The van der Waals surface area contributed by atoms with Crippen LogP contribution in [0.1, 0.15) is 36.6 Å². The summed E-state index contributed by atoms with van der Waals surface area (Å²) in [5.74, 6) is 1.60. The standard InChI is InChI=1S/C19H19N3O3S/c1-13-5-11-17(12-6-13)26(23,24)22-16-9-7-14(8-10-16)18-20-19(25-21-18)15-3-2-4-15/h5-12,15,22H,2-4H2,1H3. The molecule has 4 rings (SSSR count). The number of aromatic nitrogens is 2. The molecule has 1 aromatic heterocycles. The normalized spacial score (nSPS) is 14.8. The Hall–Kier alpha value is -2.67. The Morgan fingerprint density at radius 1 is 1.04 bits per heavy atom. The van der Waals surface area contributed by atoms with E-state index in [0.717, 1.165) is 24.0 Å². The van der Waals surface area contributed by atoms with Crippen LogP contribution in [0.5, 0.6) is 0 Å². The Morgan fingerprint density at radius 2 is 1.73 bits per heavy atom. The molecule has 0 radical (unpaired) electrons. The van der Waals surface area contributed by atoms with Gasteiger partial charge in [0.2, 0.25) is 11.7 Å². The van der Waals surface area contributed by atoms with Crippen LogP contribution in [-0.2, 0) is 10.0 Å². The molecule has 2 aromatic carbocycles. The molecule has 3 aromatic rings. The first kappa shape index (κ1) is 16.8. The van der Waals surface area contributed by atoms with Crippen LogP contribution in [0.2, 0.25) is 0 Å². The summed E-state index contributed by atoms with van der Waals surface area (Å²) in [5, 5.41) is 4.02. The van der Waals surface area contributed by atoms with Crippen molar-refractivity contribution in [1.82, 2.24) is 10.1 Å². The summed E-state index contributed by atoms with van der Waals surface area (Å²) >= 11 is 0. The predicted molar refractivity (Wildman–Crippen MR) is 98.3 cm³/mol. The van der Waals surface area contributed by atoms with Crippen LogP contribution < -0.4 is 4.72 Å². The number of nitrogens with one attached hydrogen (secondary N) is 1. The summed E-state index contributed by atoms with van der Waals surface area (Å²) < 4.78 is 32.8. The van der Waals surface area contributed by atoms with Crippen LogP contribution in [-0.4, -0.2) is 18.6 Å². The SMILES string of the molecule is Cc1ccc(S(=O)(=O)Nc2ccc(-c3noc(C4CCC4)n3)cc2)cc1. The molecule has 0 spiro atoms. The molecule has 1 aliphatic rings. The molecular formula is C19H19N3O3S. The molecule has 0 unspecified atom stereocenters. The van der Waals surface area contributed by atoms with Gasteiger partial charge in [0.05, 0.1) is 4.90 Å².